The highest BCUT2D eigenvalue weighted by Gasteiger charge is 2.51. The number of nitrogens with one attached hydrogen (secondary N) is 2. The van der Waals surface area contributed by atoms with Crippen molar-refractivity contribution in [1.82, 2.24) is 10.3 Å². The van der Waals surface area contributed by atoms with E-state index in [1.54, 1.807) is 12.3 Å². The Morgan fingerprint density at radius 1 is 1.33 bits per heavy atom. The second-order valence-electron chi connectivity index (χ2n) is 7.74. The first-order valence-corrected chi connectivity index (χ1v) is 10.5. The third-order valence-corrected chi connectivity index (χ3v) is 5.30. The number of pyridine rings is 1. The molecule has 1 aromatic carbocycles. The zero-order chi connectivity index (χ0) is 22.0. The van der Waals surface area contributed by atoms with E-state index >= 15 is 0 Å². The van der Waals surface area contributed by atoms with Crippen LogP contribution in [0.15, 0.2) is 55.3 Å². The van der Waals surface area contributed by atoms with E-state index in [2.05, 4.69) is 41.3 Å². The first kappa shape index (κ1) is 23.4. The molecule has 5 N–H and O–H groups in total. The maximum absolute atomic E-state index is 11.5. The van der Waals surface area contributed by atoms with Crippen molar-refractivity contribution in [3.05, 3.63) is 66.4 Å². The molecule has 2 aromatic rings. The lowest BCUT2D eigenvalue weighted by Crippen LogP contribution is -2.23. The lowest BCUT2D eigenvalue weighted by atomic mass is 9.91. The predicted octanol–water partition coefficient (Wildman–Crippen LogP) is 4.17. The van der Waals surface area contributed by atoms with Crippen molar-refractivity contribution in [2.75, 3.05) is 30.7 Å². The Morgan fingerprint density at radius 2 is 2.07 bits per heavy atom. The molecule has 3 rings (SSSR count). The van der Waals surface area contributed by atoms with Crippen molar-refractivity contribution in [1.29, 1.82) is 0 Å². The van der Waals surface area contributed by atoms with Gasteiger partial charge in [-0.05, 0) is 61.9 Å². The van der Waals surface area contributed by atoms with E-state index in [0.717, 1.165) is 50.1 Å². The number of carboxylic acid groups (broad SMARTS) is 1. The van der Waals surface area contributed by atoms with Crippen LogP contribution in [0.1, 0.15) is 50.2 Å². The molecule has 30 heavy (non-hydrogen) atoms. The van der Waals surface area contributed by atoms with Crippen molar-refractivity contribution < 1.29 is 9.90 Å². The monoisotopic (exact) mass is 410 g/mol. The number of aromatic nitrogens is 1. The van der Waals surface area contributed by atoms with E-state index in [4.69, 9.17) is 5.73 Å². The molecule has 162 valence electrons. The number of hydrogen-bond acceptors (Lipinski definition) is 5. The van der Waals surface area contributed by atoms with Gasteiger partial charge in [-0.1, -0.05) is 37.3 Å². The fourth-order valence-electron chi connectivity index (χ4n) is 3.33. The first-order valence-electron chi connectivity index (χ1n) is 10.5. The Hall–Kier alpha value is -2.86. The van der Waals surface area contributed by atoms with Crippen LogP contribution < -0.4 is 16.4 Å². The number of benzene rings is 1. The van der Waals surface area contributed by atoms with E-state index < -0.39 is 11.4 Å². The molecule has 1 unspecified atom stereocenters. The molecule has 1 aliphatic carbocycles. The molecule has 1 atom stereocenters. The number of hydrogen-bond donors (Lipinski definition) is 4. The Morgan fingerprint density at radius 3 is 2.70 bits per heavy atom. The number of aliphatic carboxylic acids is 1. The second kappa shape index (κ2) is 11.4. The summed E-state index contributed by atoms with van der Waals surface area (Å²) in [7, 11) is 0. The van der Waals surface area contributed by atoms with Crippen molar-refractivity contribution >= 4 is 17.5 Å². The first-order chi connectivity index (χ1) is 14.4. The largest absolute Gasteiger partial charge is 0.481 e. The summed E-state index contributed by atoms with van der Waals surface area (Å²) in [4.78, 5) is 15.6. The Labute approximate surface area is 179 Å². The molecule has 1 fully saturated rings. The van der Waals surface area contributed by atoms with Gasteiger partial charge in [0.1, 0.15) is 5.82 Å². The summed E-state index contributed by atoms with van der Waals surface area (Å²) in [5, 5.41) is 16.2. The number of anilines is 2. The van der Waals surface area contributed by atoms with Crippen LogP contribution in [0.5, 0.6) is 0 Å². The number of allylic oxidation sites excluding steroid dienone is 1. The number of carbonyl (C=O) groups is 1. The van der Waals surface area contributed by atoms with Crippen LogP contribution in [0.25, 0.3) is 0 Å². The molecule has 0 radical (unpaired) electrons. The molecular formula is C24H34N4O2. The van der Waals surface area contributed by atoms with Crippen molar-refractivity contribution in [3.63, 3.8) is 0 Å². The molecule has 0 spiro atoms. The zero-order valence-corrected chi connectivity index (χ0v) is 18.0. The molecular weight excluding hydrogens is 376 g/mol. The molecule has 1 aliphatic rings. The van der Waals surface area contributed by atoms with Gasteiger partial charge in [0.2, 0.25) is 0 Å². The van der Waals surface area contributed by atoms with E-state index in [1.165, 1.54) is 5.56 Å². The van der Waals surface area contributed by atoms with Crippen LogP contribution in [0.3, 0.4) is 0 Å². The number of nitrogens with two attached hydrogens (primary N) is 1. The minimum Gasteiger partial charge on any atom is -0.481 e. The number of nitrogens with zero attached hydrogens (tertiary/aromatic N) is 1. The fourth-order valence-corrected chi connectivity index (χ4v) is 3.33. The van der Waals surface area contributed by atoms with Crippen LogP contribution >= 0.6 is 0 Å². The van der Waals surface area contributed by atoms with Gasteiger partial charge in [-0.15, -0.1) is 6.58 Å². The zero-order valence-electron chi connectivity index (χ0n) is 18.0. The summed E-state index contributed by atoms with van der Waals surface area (Å²) in [6, 6.07) is 11.9. The third-order valence-electron chi connectivity index (χ3n) is 5.30. The minimum atomic E-state index is -0.702. The van der Waals surface area contributed by atoms with Crippen LogP contribution in [0, 0.1) is 0 Å². The highest BCUT2D eigenvalue weighted by atomic mass is 16.4. The smallest absolute Gasteiger partial charge is 0.314 e. The SMILES string of the molecule is C=CC.CC(CNCCCNc1cccnc1N)c1cccc(C2(C(=O)O)CC2)c1. The van der Waals surface area contributed by atoms with E-state index in [1.807, 2.05) is 31.2 Å². The van der Waals surface area contributed by atoms with Crippen LogP contribution in [-0.4, -0.2) is 35.7 Å². The van der Waals surface area contributed by atoms with Gasteiger partial charge >= 0.3 is 5.97 Å². The maximum Gasteiger partial charge on any atom is 0.314 e. The Kier molecular flexibility index (Phi) is 8.87. The number of rotatable bonds is 10. The van der Waals surface area contributed by atoms with Gasteiger partial charge in [0.25, 0.3) is 0 Å². The molecule has 1 saturated carbocycles. The number of carboxylic acids is 1. The van der Waals surface area contributed by atoms with Crippen LogP contribution in [-0.2, 0) is 10.2 Å². The third kappa shape index (κ3) is 6.32. The molecule has 6 heteroatoms. The van der Waals surface area contributed by atoms with Gasteiger partial charge in [-0.25, -0.2) is 4.98 Å². The van der Waals surface area contributed by atoms with Gasteiger partial charge in [-0.3, -0.25) is 4.79 Å². The second-order valence-corrected chi connectivity index (χ2v) is 7.74. The quantitative estimate of drug-likeness (QED) is 0.346. The number of nitrogen functional groups attached to an aromatic ring is 1. The Bertz CT molecular complexity index is 833. The summed E-state index contributed by atoms with van der Waals surface area (Å²) in [6.45, 7) is 10.0. The molecule has 0 bridgehead atoms. The van der Waals surface area contributed by atoms with Crippen molar-refractivity contribution in [3.8, 4) is 0 Å². The predicted molar refractivity (Wildman–Crippen MR) is 124 cm³/mol. The van der Waals surface area contributed by atoms with Crippen LogP contribution in [0.2, 0.25) is 0 Å². The average molecular weight is 411 g/mol. The van der Waals surface area contributed by atoms with Crippen molar-refractivity contribution in [2.45, 2.75) is 44.4 Å². The lowest BCUT2D eigenvalue weighted by Gasteiger charge is -2.17. The molecule has 1 aromatic heterocycles. The maximum atomic E-state index is 11.5. The summed E-state index contributed by atoms with van der Waals surface area (Å²) >= 11 is 0. The van der Waals surface area contributed by atoms with Gasteiger partial charge in [0.05, 0.1) is 11.1 Å². The topological polar surface area (TPSA) is 100 Å². The summed E-state index contributed by atoms with van der Waals surface area (Å²) in [6.07, 6.45) is 5.89. The van der Waals surface area contributed by atoms with Gasteiger partial charge in [0, 0.05) is 19.3 Å². The van der Waals surface area contributed by atoms with E-state index in [0.29, 0.717) is 11.7 Å². The molecule has 0 saturated heterocycles. The average Bonchev–Trinajstić information content (AvgIpc) is 3.55. The Balaban J connectivity index is 0.00000101. The van der Waals surface area contributed by atoms with Gasteiger partial charge < -0.3 is 21.5 Å². The van der Waals surface area contributed by atoms with Crippen molar-refractivity contribution in [2.24, 2.45) is 0 Å². The standard InChI is InChI=1S/C21H28N4O2.C3H6/c1-15(14-23-10-4-12-24-18-7-3-11-25-19(18)22)16-5-2-6-17(13-16)21(8-9-21)20(26)27;1-3-2/h2-3,5-7,11,13,15,23-24H,4,8-10,12,14H2,1H3,(H2,22,25)(H,26,27);3H,1H2,2H3. The summed E-state index contributed by atoms with van der Waals surface area (Å²) in [5.74, 6) is 0.150. The van der Waals surface area contributed by atoms with E-state index in [9.17, 15) is 9.90 Å². The summed E-state index contributed by atoms with van der Waals surface area (Å²) in [5.41, 5.74) is 8.17. The summed E-state index contributed by atoms with van der Waals surface area (Å²) < 4.78 is 0. The molecule has 6 nitrogen and oxygen atoms in total. The van der Waals surface area contributed by atoms with Crippen LogP contribution in [0.4, 0.5) is 11.5 Å². The molecule has 0 amide bonds. The highest BCUT2D eigenvalue weighted by Crippen LogP contribution is 2.48. The van der Waals surface area contributed by atoms with E-state index in [-0.39, 0.29) is 0 Å². The van der Waals surface area contributed by atoms with Gasteiger partial charge in [0.15, 0.2) is 0 Å². The minimum absolute atomic E-state index is 0.330. The molecule has 1 heterocycles. The van der Waals surface area contributed by atoms with Gasteiger partial charge in [-0.2, -0.15) is 0 Å². The highest BCUT2D eigenvalue weighted by molar-refractivity contribution is 5.84. The fraction of sp³-hybridized carbons (Fsp3) is 0.417. The lowest BCUT2D eigenvalue weighted by molar-refractivity contribution is -0.140. The normalized spacial score (nSPS) is 14.7. The molecule has 0 aliphatic heterocycles.